The molecule has 20 heavy (non-hydrogen) atoms. The maximum absolute atomic E-state index is 8.85. The smallest absolute Gasteiger partial charge is 0.225 e. The predicted octanol–water partition coefficient (Wildman–Crippen LogP) is 3.14. The molecule has 0 aromatic carbocycles. The Morgan fingerprint density at radius 2 is 2.00 bits per heavy atom. The maximum Gasteiger partial charge on any atom is 0.225 e. The zero-order valence-corrected chi connectivity index (χ0v) is 12.6. The van der Waals surface area contributed by atoms with Gasteiger partial charge in [0.25, 0.3) is 0 Å². The molecule has 0 aliphatic heterocycles. The van der Waals surface area contributed by atoms with Gasteiger partial charge in [-0.3, -0.25) is 0 Å². The van der Waals surface area contributed by atoms with E-state index in [0.717, 1.165) is 24.1 Å². The molecule has 0 bridgehead atoms. The largest absolute Gasteiger partial charge is 0.477 e. The molecule has 0 amide bonds. The van der Waals surface area contributed by atoms with Crippen molar-refractivity contribution in [1.29, 1.82) is 0 Å². The third kappa shape index (κ3) is 4.72. The number of unbranched alkanes of at least 4 members (excludes halogenated alkanes) is 4. The Labute approximate surface area is 120 Å². The summed E-state index contributed by atoms with van der Waals surface area (Å²) in [6, 6.07) is 1.89. The van der Waals surface area contributed by atoms with Crippen LogP contribution in [-0.4, -0.2) is 22.6 Å². The molecule has 1 aromatic heterocycles. The SMILES string of the molecule is CCCCCCCOc1nc(C)cc(C)c1/C(N)=N/O. The van der Waals surface area contributed by atoms with Crippen LogP contribution in [0.5, 0.6) is 5.88 Å². The van der Waals surface area contributed by atoms with E-state index in [1.54, 1.807) is 0 Å². The summed E-state index contributed by atoms with van der Waals surface area (Å²) in [4.78, 5) is 4.34. The Balaban J connectivity index is 2.68. The lowest BCUT2D eigenvalue weighted by Gasteiger charge is -2.13. The number of nitrogens with two attached hydrogens (primary N) is 1. The first kappa shape index (κ1) is 16.3. The molecule has 0 saturated heterocycles. The third-order valence-corrected chi connectivity index (χ3v) is 3.16. The molecule has 0 radical (unpaired) electrons. The van der Waals surface area contributed by atoms with Crippen LogP contribution in [0.1, 0.15) is 55.8 Å². The Morgan fingerprint density at radius 1 is 1.30 bits per heavy atom. The van der Waals surface area contributed by atoms with Crippen molar-refractivity contribution in [2.24, 2.45) is 10.9 Å². The number of ether oxygens (including phenoxy) is 1. The van der Waals surface area contributed by atoms with E-state index < -0.39 is 0 Å². The van der Waals surface area contributed by atoms with E-state index in [1.807, 2.05) is 19.9 Å². The zero-order chi connectivity index (χ0) is 15.0. The van der Waals surface area contributed by atoms with E-state index in [1.165, 1.54) is 19.3 Å². The van der Waals surface area contributed by atoms with Gasteiger partial charge in [0, 0.05) is 5.69 Å². The molecule has 1 heterocycles. The van der Waals surface area contributed by atoms with Crippen molar-refractivity contribution >= 4 is 5.84 Å². The van der Waals surface area contributed by atoms with Gasteiger partial charge in [0.05, 0.1) is 12.2 Å². The second-order valence-corrected chi connectivity index (χ2v) is 5.01. The number of hydrogen-bond acceptors (Lipinski definition) is 4. The van der Waals surface area contributed by atoms with Gasteiger partial charge in [0.15, 0.2) is 5.84 Å². The Bertz CT molecular complexity index is 459. The van der Waals surface area contributed by atoms with Crippen molar-refractivity contribution in [3.63, 3.8) is 0 Å². The molecular formula is C15H25N3O2. The molecule has 5 nitrogen and oxygen atoms in total. The van der Waals surface area contributed by atoms with Crippen molar-refractivity contribution in [2.45, 2.75) is 52.9 Å². The second-order valence-electron chi connectivity index (χ2n) is 5.01. The quantitative estimate of drug-likeness (QED) is 0.252. The number of hydrogen-bond donors (Lipinski definition) is 2. The number of aryl methyl sites for hydroxylation is 2. The minimum absolute atomic E-state index is 0.0379. The highest BCUT2D eigenvalue weighted by Crippen LogP contribution is 2.21. The van der Waals surface area contributed by atoms with Gasteiger partial charge < -0.3 is 15.7 Å². The highest BCUT2D eigenvalue weighted by atomic mass is 16.5. The molecule has 112 valence electrons. The summed E-state index contributed by atoms with van der Waals surface area (Å²) in [5.74, 6) is 0.490. The lowest BCUT2D eigenvalue weighted by Crippen LogP contribution is -2.18. The van der Waals surface area contributed by atoms with Gasteiger partial charge in [-0.15, -0.1) is 0 Å². The summed E-state index contributed by atoms with van der Waals surface area (Å²) in [7, 11) is 0. The lowest BCUT2D eigenvalue weighted by molar-refractivity contribution is 0.290. The average molecular weight is 279 g/mol. The van der Waals surface area contributed by atoms with Gasteiger partial charge in [0.1, 0.15) is 0 Å². The minimum Gasteiger partial charge on any atom is -0.477 e. The van der Waals surface area contributed by atoms with E-state index in [2.05, 4.69) is 17.1 Å². The van der Waals surface area contributed by atoms with Crippen molar-refractivity contribution in [2.75, 3.05) is 6.61 Å². The van der Waals surface area contributed by atoms with Gasteiger partial charge in [-0.2, -0.15) is 0 Å². The van der Waals surface area contributed by atoms with Crippen molar-refractivity contribution < 1.29 is 9.94 Å². The maximum atomic E-state index is 8.85. The predicted molar refractivity (Wildman–Crippen MR) is 80.5 cm³/mol. The molecule has 0 saturated carbocycles. The van der Waals surface area contributed by atoms with E-state index in [-0.39, 0.29) is 5.84 Å². The van der Waals surface area contributed by atoms with Gasteiger partial charge in [-0.05, 0) is 31.9 Å². The number of oxime groups is 1. The molecule has 0 atom stereocenters. The first-order chi connectivity index (χ1) is 9.60. The molecule has 5 heteroatoms. The Kier molecular flexibility index (Phi) is 6.84. The summed E-state index contributed by atoms with van der Waals surface area (Å²) in [5.41, 5.74) is 8.03. The van der Waals surface area contributed by atoms with Crippen LogP contribution < -0.4 is 10.5 Å². The summed E-state index contributed by atoms with van der Waals surface area (Å²) in [6.45, 7) is 6.60. The molecule has 0 unspecified atom stereocenters. The average Bonchev–Trinajstić information content (AvgIpc) is 2.41. The van der Waals surface area contributed by atoms with Crippen LogP contribution in [-0.2, 0) is 0 Å². The number of aromatic nitrogens is 1. The highest BCUT2D eigenvalue weighted by molar-refractivity contribution is 6.00. The van der Waals surface area contributed by atoms with Crippen LogP contribution in [0.15, 0.2) is 11.2 Å². The fourth-order valence-electron chi connectivity index (χ4n) is 2.14. The van der Waals surface area contributed by atoms with Crippen LogP contribution in [0.3, 0.4) is 0 Å². The molecule has 1 aromatic rings. The number of amidine groups is 1. The Morgan fingerprint density at radius 3 is 2.65 bits per heavy atom. The summed E-state index contributed by atoms with van der Waals surface area (Å²) < 4.78 is 5.72. The van der Waals surface area contributed by atoms with E-state index in [9.17, 15) is 0 Å². The lowest BCUT2D eigenvalue weighted by atomic mass is 10.1. The van der Waals surface area contributed by atoms with Gasteiger partial charge in [0.2, 0.25) is 5.88 Å². The van der Waals surface area contributed by atoms with Crippen LogP contribution in [0, 0.1) is 13.8 Å². The monoisotopic (exact) mass is 279 g/mol. The molecule has 0 aliphatic carbocycles. The molecule has 0 fully saturated rings. The van der Waals surface area contributed by atoms with E-state index in [0.29, 0.717) is 18.1 Å². The molecule has 1 rings (SSSR count). The summed E-state index contributed by atoms with van der Waals surface area (Å²) >= 11 is 0. The number of pyridine rings is 1. The van der Waals surface area contributed by atoms with Gasteiger partial charge in [-0.25, -0.2) is 4.98 Å². The van der Waals surface area contributed by atoms with Crippen LogP contribution in [0.25, 0.3) is 0 Å². The minimum atomic E-state index is 0.0379. The Hall–Kier alpha value is -1.78. The van der Waals surface area contributed by atoms with Crippen molar-refractivity contribution in [3.05, 3.63) is 22.9 Å². The topological polar surface area (TPSA) is 80.7 Å². The first-order valence-electron chi connectivity index (χ1n) is 7.19. The summed E-state index contributed by atoms with van der Waals surface area (Å²) in [5, 5.41) is 11.9. The standard InChI is InChI=1S/C15H25N3O2/c1-4-5-6-7-8-9-20-15-13(14(16)18-19)11(2)10-12(3)17-15/h10,19H,4-9H2,1-3H3,(H2,16,18). The molecule has 0 aliphatic rings. The van der Waals surface area contributed by atoms with E-state index in [4.69, 9.17) is 15.7 Å². The van der Waals surface area contributed by atoms with Crippen molar-refractivity contribution in [1.82, 2.24) is 4.98 Å². The first-order valence-corrected chi connectivity index (χ1v) is 7.19. The zero-order valence-electron chi connectivity index (χ0n) is 12.6. The molecular weight excluding hydrogens is 254 g/mol. The fraction of sp³-hybridized carbons (Fsp3) is 0.600. The van der Waals surface area contributed by atoms with Crippen molar-refractivity contribution in [3.8, 4) is 5.88 Å². The normalized spacial score (nSPS) is 11.7. The third-order valence-electron chi connectivity index (χ3n) is 3.16. The highest BCUT2D eigenvalue weighted by Gasteiger charge is 2.14. The summed E-state index contributed by atoms with van der Waals surface area (Å²) in [6.07, 6.45) is 5.86. The van der Waals surface area contributed by atoms with Gasteiger partial charge in [-0.1, -0.05) is 37.8 Å². The van der Waals surface area contributed by atoms with Crippen LogP contribution in [0.4, 0.5) is 0 Å². The number of rotatable bonds is 8. The van der Waals surface area contributed by atoms with Crippen LogP contribution in [0.2, 0.25) is 0 Å². The number of nitrogens with zero attached hydrogens (tertiary/aromatic N) is 2. The fourth-order valence-corrected chi connectivity index (χ4v) is 2.14. The molecule has 3 N–H and O–H groups in total. The molecule has 0 spiro atoms. The van der Waals surface area contributed by atoms with E-state index >= 15 is 0 Å². The van der Waals surface area contributed by atoms with Crippen LogP contribution >= 0.6 is 0 Å². The van der Waals surface area contributed by atoms with Gasteiger partial charge >= 0.3 is 0 Å². The second kappa shape index (κ2) is 8.40.